The van der Waals surface area contributed by atoms with Gasteiger partial charge in [0.1, 0.15) is 6.33 Å². The predicted octanol–water partition coefficient (Wildman–Crippen LogP) is 4.13. The van der Waals surface area contributed by atoms with Gasteiger partial charge in [-0.25, -0.2) is 0 Å². The van der Waals surface area contributed by atoms with Crippen molar-refractivity contribution in [1.29, 1.82) is 0 Å². The third kappa shape index (κ3) is 3.78. The lowest BCUT2D eigenvalue weighted by Crippen LogP contribution is -2.13. The molecule has 0 fully saturated rings. The Morgan fingerprint density at radius 3 is 2.62 bits per heavy atom. The van der Waals surface area contributed by atoms with Gasteiger partial charge < -0.3 is 9.88 Å². The number of aryl methyl sites for hydroxylation is 2. The van der Waals surface area contributed by atoms with E-state index in [2.05, 4.69) is 38.1 Å². The van der Waals surface area contributed by atoms with Crippen molar-refractivity contribution in [2.24, 2.45) is 7.05 Å². The third-order valence-corrected chi connectivity index (χ3v) is 5.92. The second kappa shape index (κ2) is 7.35. The van der Waals surface area contributed by atoms with E-state index in [1.54, 1.807) is 6.33 Å². The summed E-state index contributed by atoms with van der Waals surface area (Å²) < 4.78 is 2.84. The van der Waals surface area contributed by atoms with E-state index in [9.17, 15) is 4.79 Å². The minimum Gasteiger partial charge on any atom is -0.322 e. The fourth-order valence-electron chi connectivity index (χ4n) is 2.10. The number of aromatic nitrogens is 3. The number of amides is 1. The molecule has 3 rings (SSSR count). The zero-order valence-corrected chi connectivity index (χ0v) is 16.1. The molecule has 3 aromatic rings. The lowest BCUT2D eigenvalue weighted by molar-refractivity contribution is 0.102. The fourth-order valence-corrected chi connectivity index (χ4v) is 3.46. The summed E-state index contributed by atoms with van der Waals surface area (Å²) in [5.41, 5.74) is 2.55. The number of carbonyl (C=O) groups is 1. The van der Waals surface area contributed by atoms with Crippen molar-refractivity contribution in [3.63, 3.8) is 0 Å². The first-order valence-electron chi connectivity index (χ1n) is 7.23. The smallest absolute Gasteiger partial charge is 0.256 e. The highest BCUT2D eigenvalue weighted by molar-refractivity contribution is 14.1. The summed E-state index contributed by atoms with van der Waals surface area (Å²) in [5.74, 6) is -0.100. The minimum atomic E-state index is -0.100. The van der Waals surface area contributed by atoms with Gasteiger partial charge in [-0.15, -0.1) is 10.2 Å². The van der Waals surface area contributed by atoms with E-state index in [1.165, 1.54) is 11.8 Å². The second-order valence-corrected chi connectivity index (χ2v) is 7.36. The van der Waals surface area contributed by atoms with Crippen LogP contribution >= 0.6 is 34.4 Å². The molecule has 0 spiro atoms. The fraction of sp³-hybridized carbons (Fsp3) is 0.118. The van der Waals surface area contributed by atoms with E-state index < -0.39 is 0 Å². The number of hydrogen-bond acceptors (Lipinski definition) is 4. The number of hydrogen-bond donors (Lipinski definition) is 1. The van der Waals surface area contributed by atoms with Gasteiger partial charge in [-0.05, 0) is 77.2 Å². The summed E-state index contributed by atoms with van der Waals surface area (Å²) in [7, 11) is 1.90. The second-order valence-electron chi connectivity index (χ2n) is 5.24. The summed E-state index contributed by atoms with van der Waals surface area (Å²) in [4.78, 5) is 13.5. The average molecular weight is 450 g/mol. The van der Waals surface area contributed by atoms with Crippen LogP contribution in [0.15, 0.2) is 58.8 Å². The molecule has 0 radical (unpaired) electrons. The Morgan fingerprint density at radius 2 is 1.96 bits per heavy atom. The molecule has 0 saturated heterocycles. The first kappa shape index (κ1) is 17.0. The van der Waals surface area contributed by atoms with Crippen LogP contribution in [0.1, 0.15) is 15.9 Å². The van der Waals surface area contributed by atoms with Crippen LogP contribution in [0.5, 0.6) is 0 Å². The van der Waals surface area contributed by atoms with Crippen molar-refractivity contribution in [2.45, 2.75) is 17.0 Å². The maximum atomic E-state index is 12.4. The Labute approximate surface area is 158 Å². The Kier molecular flexibility index (Phi) is 5.20. The molecule has 24 heavy (non-hydrogen) atoms. The molecule has 1 amide bonds. The standard InChI is InChI=1S/C17H15IN4OS/c1-11-4-3-5-14(15(11)18)16(23)20-12-6-8-13(9-7-12)24-17-21-19-10-22(17)2/h3-10H,1-2H3,(H,20,23). The summed E-state index contributed by atoms with van der Waals surface area (Å²) in [6, 6.07) is 13.4. The molecule has 7 heteroatoms. The van der Waals surface area contributed by atoms with E-state index in [4.69, 9.17) is 0 Å². The summed E-state index contributed by atoms with van der Waals surface area (Å²) in [6.45, 7) is 2.00. The number of anilines is 1. The van der Waals surface area contributed by atoms with Crippen molar-refractivity contribution in [1.82, 2.24) is 14.8 Å². The van der Waals surface area contributed by atoms with E-state index in [0.29, 0.717) is 5.56 Å². The van der Waals surface area contributed by atoms with E-state index in [1.807, 2.05) is 61.0 Å². The topological polar surface area (TPSA) is 59.8 Å². The van der Waals surface area contributed by atoms with Crippen LogP contribution in [0, 0.1) is 10.5 Å². The number of halogens is 1. The molecule has 0 aliphatic rings. The molecular formula is C17H15IN4OS. The molecule has 0 saturated carbocycles. The van der Waals surface area contributed by atoms with Gasteiger partial charge in [0.05, 0.1) is 5.56 Å². The first-order chi connectivity index (χ1) is 11.5. The van der Waals surface area contributed by atoms with Crippen LogP contribution in [0.2, 0.25) is 0 Å². The van der Waals surface area contributed by atoms with Crippen molar-refractivity contribution in [2.75, 3.05) is 5.32 Å². The van der Waals surface area contributed by atoms with E-state index in [-0.39, 0.29) is 5.91 Å². The molecule has 1 aromatic heterocycles. The summed E-state index contributed by atoms with van der Waals surface area (Å²) in [6.07, 6.45) is 1.67. The Bertz CT molecular complexity index is 877. The maximum absolute atomic E-state index is 12.4. The van der Waals surface area contributed by atoms with Gasteiger partial charge in [-0.3, -0.25) is 4.79 Å². The highest BCUT2D eigenvalue weighted by Crippen LogP contribution is 2.26. The van der Waals surface area contributed by atoms with Crippen LogP contribution < -0.4 is 5.32 Å². The van der Waals surface area contributed by atoms with Gasteiger partial charge in [0.15, 0.2) is 5.16 Å². The number of benzene rings is 2. The van der Waals surface area contributed by atoms with Gasteiger partial charge >= 0.3 is 0 Å². The molecule has 1 heterocycles. The molecule has 122 valence electrons. The van der Waals surface area contributed by atoms with Crippen LogP contribution in [-0.4, -0.2) is 20.7 Å². The molecule has 0 unspecified atom stereocenters. The minimum absolute atomic E-state index is 0.100. The Hall–Kier alpha value is -1.87. The number of nitrogens with one attached hydrogen (secondary N) is 1. The van der Waals surface area contributed by atoms with Crippen molar-refractivity contribution < 1.29 is 4.79 Å². The number of nitrogens with zero attached hydrogens (tertiary/aromatic N) is 3. The number of rotatable bonds is 4. The van der Waals surface area contributed by atoms with Crippen LogP contribution in [-0.2, 0) is 7.05 Å². The highest BCUT2D eigenvalue weighted by atomic mass is 127. The molecule has 0 aliphatic carbocycles. The van der Waals surface area contributed by atoms with Gasteiger partial charge in [0, 0.05) is 21.2 Å². The van der Waals surface area contributed by atoms with Gasteiger partial charge in [-0.1, -0.05) is 12.1 Å². The molecule has 0 bridgehead atoms. The predicted molar refractivity (Wildman–Crippen MR) is 103 cm³/mol. The summed E-state index contributed by atoms with van der Waals surface area (Å²) >= 11 is 3.73. The maximum Gasteiger partial charge on any atom is 0.256 e. The lowest BCUT2D eigenvalue weighted by Gasteiger charge is -2.09. The number of carbonyl (C=O) groups excluding carboxylic acids is 1. The van der Waals surface area contributed by atoms with Crippen LogP contribution in [0.25, 0.3) is 0 Å². The normalized spacial score (nSPS) is 10.6. The van der Waals surface area contributed by atoms with Crippen molar-refractivity contribution in [3.05, 3.63) is 63.5 Å². The van der Waals surface area contributed by atoms with Gasteiger partial charge in [0.2, 0.25) is 0 Å². The Balaban J connectivity index is 1.71. The lowest BCUT2D eigenvalue weighted by atomic mass is 10.1. The molecular weight excluding hydrogens is 435 g/mol. The quantitative estimate of drug-likeness (QED) is 0.608. The van der Waals surface area contributed by atoms with Crippen LogP contribution in [0.4, 0.5) is 5.69 Å². The van der Waals surface area contributed by atoms with Crippen LogP contribution in [0.3, 0.4) is 0 Å². The van der Waals surface area contributed by atoms with Gasteiger partial charge in [0.25, 0.3) is 5.91 Å². The monoisotopic (exact) mass is 450 g/mol. The van der Waals surface area contributed by atoms with E-state index in [0.717, 1.165) is 24.9 Å². The largest absolute Gasteiger partial charge is 0.322 e. The zero-order valence-electron chi connectivity index (χ0n) is 13.2. The molecule has 5 nitrogen and oxygen atoms in total. The molecule has 0 aliphatic heterocycles. The zero-order chi connectivity index (χ0) is 17.1. The average Bonchev–Trinajstić information content (AvgIpc) is 2.97. The molecule has 0 atom stereocenters. The third-order valence-electron chi connectivity index (χ3n) is 3.43. The molecule has 1 N–H and O–H groups in total. The molecule has 2 aromatic carbocycles. The van der Waals surface area contributed by atoms with Crippen molar-refractivity contribution >= 4 is 45.9 Å². The van der Waals surface area contributed by atoms with Gasteiger partial charge in [-0.2, -0.15) is 0 Å². The first-order valence-corrected chi connectivity index (χ1v) is 9.12. The SMILES string of the molecule is Cc1cccc(C(=O)Nc2ccc(Sc3nncn3C)cc2)c1I. The van der Waals surface area contributed by atoms with E-state index >= 15 is 0 Å². The highest BCUT2D eigenvalue weighted by Gasteiger charge is 2.11. The Morgan fingerprint density at radius 1 is 1.21 bits per heavy atom. The van der Waals surface area contributed by atoms with Crippen molar-refractivity contribution in [3.8, 4) is 0 Å². The summed E-state index contributed by atoms with van der Waals surface area (Å²) in [5, 5.41) is 11.7.